The summed E-state index contributed by atoms with van der Waals surface area (Å²) >= 11 is 13.8. The van der Waals surface area contributed by atoms with Crippen molar-refractivity contribution >= 4 is 29.2 Å². The molecule has 6 rings (SSSR count). The van der Waals surface area contributed by atoms with Gasteiger partial charge in [-0.15, -0.1) is 0 Å². The first-order valence-electron chi connectivity index (χ1n) is 22.8. The van der Waals surface area contributed by atoms with Crippen molar-refractivity contribution in [2.45, 2.75) is 92.5 Å². The molecular formula is C54H56Cl2N6O7. The molecule has 0 aliphatic heterocycles. The highest BCUT2D eigenvalue weighted by Gasteiger charge is 2.27. The van der Waals surface area contributed by atoms with E-state index in [4.69, 9.17) is 42.1 Å². The lowest BCUT2D eigenvalue weighted by atomic mass is 9.92. The second-order valence-electron chi connectivity index (χ2n) is 16.5. The van der Waals surface area contributed by atoms with Crippen LogP contribution in [-0.4, -0.2) is 56.8 Å². The van der Waals surface area contributed by atoms with Crippen LogP contribution in [0.25, 0.3) is 11.1 Å². The monoisotopic (exact) mass is 970 g/mol. The molecule has 358 valence electrons. The summed E-state index contributed by atoms with van der Waals surface area (Å²) in [5.74, 6) is 0.856. The Balaban J connectivity index is 1.22. The summed E-state index contributed by atoms with van der Waals surface area (Å²) in [4.78, 5) is 22.4. The van der Waals surface area contributed by atoms with E-state index in [1.165, 1.54) is 12.4 Å². The van der Waals surface area contributed by atoms with Gasteiger partial charge in [-0.05, 0) is 104 Å². The Morgan fingerprint density at radius 2 is 1.20 bits per heavy atom. The predicted molar refractivity (Wildman–Crippen MR) is 265 cm³/mol. The molecule has 13 nitrogen and oxygen atoms in total. The van der Waals surface area contributed by atoms with E-state index >= 15 is 0 Å². The summed E-state index contributed by atoms with van der Waals surface area (Å²) < 4.78 is 25.5. The zero-order chi connectivity index (χ0) is 49.3. The molecule has 1 unspecified atom stereocenters. The third-order valence-corrected chi connectivity index (χ3v) is 12.2. The van der Waals surface area contributed by atoms with Gasteiger partial charge in [0, 0.05) is 78.9 Å². The average molecular weight is 972 g/mol. The van der Waals surface area contributed by atoms with Crippen LogP contribution in [-0.2, 0) is 44.3 Å². The van der Waals surface area contributed by atoms with Crippen molar-refractivity contribution in [2.24, 2.45) is 0 Å². The highest BCUT2D eigenvalue weighted by Crippen LogP contribution is 2.38. The number of nitriles is 2. The molecule has 0 bridgehead atoms. The summed E-state index contributed by atoms with van der Waals surface area (Å²) in [6.45, 7) is 10.7. The van der Waals surface area contributed by atoms with Gasteiger partial charge in [-0.25, -0.2) is 0 Å². The van der Waals surface area contributed by atoms with Crippen molar-refractivity contribution in [3.8, 4) is 46.3 Å². The van der Waals surface area contributed by atoms with Gasteiger partial charge >= 0.3 is 5.97 Å². The first-order chi connectivity index (χ1) is 33.5. The van der Waals surface area contributed by atoms with Gasteiger partial charge in [-0.1, -0.05) is 73.4 Å². The molecule has 0 spiro atoms. The number of aromatic nitrogens is 2. The van der Waals surface area contributed by atoms with Crippen LogP contribution >= 0.6 is 23.2 Å². The maximum Gasteiger partial charge on any atom is 0.321 e. The summed E-state index contributed by atoms with van der Waals surface area (Å²) in [5, 5.41) is 42.7. The van der Waals surface area contributed by atoms with Gasteiger partial charge < -0.3 is 34.5 Å². The zero-order valence-corrected chi connectivity index (χ0v) is 40.7. The number of aliphatic hydroxyl groups is 1. The Bertz CT molecular complexity index is 2810. The third-order valence-electron chi connectivity index (χ3n) is 11.6. The molecule has 0 saturated carbocycles. The van der Waals surface area contributed by atoms with Crippen molar-refractivity contribution in [1.82, 2.24) is 20.2 Å². The number of hydrogen-bond donors (Lipinski definition) is 3. The van der Waals surface area contributed by atoms with Gasteiger partial charge in [0.1, 0.15) is 67.6 Å². The predicted octanol–water partition coefficient (Wildman–Crippen LogP) is 10.7. The van der Waals surface area contributed by atoms with E-state index in [1.54, 1.807) is 41.6 Å². The van der Waals surface area contributed by atoms with Crippen LogP contribution in [0, 0.1) is 36.5 Å². The molecule has 3 N–H and O–H groups in total. The van der Waals surface area contributed by atoms with E-state index in [0.29, 0.717) is 74.8 Å². The number of aliphatic hydroxyl groups excluding tert-OH is 1. The molecule has 0 aliphatic carbocycles. The number of benzene rings is 4. The lowest BCUT2D eigenvalue weighted by molar-refractivity contribution is -0.144. The summed E-state index contributed by atoms with van der Waals surface area (Å²) in [6, 6.07) is 26.0. The molecule has 69 heavy (non-hydrogen) atoms. The molecule has 2 heterocycles. The number of halogens is 2. The molecule has 0 fully saturated rings. The number of ether oxygens (including phenoxy) is 4. The fourth-order valence-corrected chi connectivity index (χ4v) is 8.37. The smallest absolute Gasteiger partial charge is 0.321 e. The average Bonchev–Trinajstić information content (AvgIpc) is 3.35. The van der Waals surface area contributed by atoms with Crippen LogP contribution in [0.3, 0.4) is 0 Å². The molecule has 6 aromatic rings. The molecule has 2 aromatic heterocycles. The Labute approximate surface area is 413 Å². The number of nitrogens with zero attached hydrogens (tertiary/aromatic N) is 5. The van der Waals surface area contributed by atoms with Crippen LogP contribution in [0.5, 0.6) is 23.0 Å². The maximum absolute atomic E-state index is 12.3. The van der Waals surface area contributed by atoms with Crippen molar-refractivity contribution in [3.63, 3.8) is 0 Å². The van der Waals surface area contributed by atoms with Gasteiger partial charge in [0.15, 0.2) is 0 Å². The number of nitrogens with one attached hydrogen (secondary N) is 1. The van der Waals surface area contributed by atoms with Crippen molar-refractivity contribution in [2.75, 3.05) is 19.7 Å². The number of carbonyl (C=O) groups is 1. The van der Waals surface area contributed by atoms with Crippen molar-refractivity contribution in [1.29, 1.82) is 10.5 Å². The van der Waals surface area contributed by atoms with E-state index in [-0.39, 0.29) is 46.0 Å². The summed E-state index contributed by atoms with van der Waals surface area (Å²) in [7, 11) is 0. The minimum Gasteiger partial charge on any atom is -0.488 e. The minimum atomic E-state index is -1.03. The standard InChI is InChI=1S/C54H56Cl2N6O7/c1-5-14-59-29-43-19-47(55)52(21-50(43)66-31-39-17-37(23-57)25-60-27-39)68-33-41-9-7-11-45(35(41)3)46-12-8-10-42(36(46)4)34-69-53-22-51(67-32-40-18-38(24-58)26-61-28-40)44(20-48(53)56)30-62(15-6-2)49(13-16-63)54(64)65/h7-12,17-22,25-28,49,59,63H,5-6,13-16,29-34H2,1-4H3,(H,64,65). The van der Waals surface area contributed by atoms with E-state index in [1.807, 2.05) is 43.3 Å². The second kappa shape index (κ2) is 25.6. The number of aliphatic carboxylic acids is 1. The summed E-state index contributed by atoms with van der Waals surface area (Å²) in [5.41, 5.74) is 9.81. The molecule has 0 amide bonds. The van der Waals surface area contributed by atoms with Gasteiger partial charge in [-0.3, -0.25) is 19.7 Å². The Morgan fingerprint density at radius 1 is 0.696 bits per heavy atom. The van der Waals surface area contributed by atoms with Gasteiger partial charge in [0.25, 0.3) is 0 Å². The van der Waals surface area contributed by atoms with E-state index in [0.717, 1.165) is 57.5 Å². The molecule has 15 heteroatoms. The largest absolute Gasteiger partial charge is 0.488 e. The van der Waals surface area contributed by atoms with Crippen LogP contribution in [0.15, 0.2) is 97.6 Å². The van der Waals surface area contributed by atoms with Gasteiger partial charge in [-0.2, -0.15) is 10.5 Å². The molecule has 4 aromatic carbocycles. The number of hydrogen-bond acceptors (Lipinski definition) is 12. The van der Waals surface area contributed by atoms with Crippen LogP contribution in [0.2, 0.25) is 10.0 Å². The topological polar surface area (TPSA) is 183 Å². The highest BCUT2D eigenvalue weighted by molar-refractivity contribution is 6.32. The van der Waals surface area contributed by atoms with Crippen molar-refractivity contribution in [3.05, 3.63) is 163 Å². The van der Waals surface area contributed by atoms with E-state index < -0.39 is 12.0 Å². The molecule has 0 aliphatic rings. The number of pyridine rings is 2. The quantitative estimate of drug-likeness (QED) is 0.0461. The SMILES string of the molecule is CCCNCc1cc(Cl)c(OCc2cccc(-c3cccc(COc4cc(OCc5cncc(C#N)c5)c(CN(CCC)C(CCO)C(=O)O)cc4Cl)c3C)c2C)cc1OCc1cncc(C#N)c1. The van der Waals surface area contributed by atoms with Gasteiger partial charge in [0.2, 0.25) is 0 Å². The summed E-state index contributed by atoms with van der Waals surface area (Å²) in [6.07, 6.45) is 7.99. The molecule has 1 atom stereocenters. The van der Waals surface area contributed by atoms with Crippen molar-refractivity contribution < 1.29 is 34.0 Å². The minimum absolute atomic E-state index is 0.0578. The highest BCUT2D eigenvalue weighted by atomic mass is 35.5. The molecule has 0 radical (unpaired) electrons. The fraction of sp³-hybridized carbons (Fsp3) is 0.315. The van der Waals surface area contributed by atoms with E-state index in [9.17, 15) is 25.5 Å². The lowest BCUT2D eigenvalue weighted by Crippen LogP contribution is -2.42. The lowest BCUT2D eigenvalue weighted by Gasteiger charge is -2.29. The number of carboxylic acids is 1. The second-order valence-corrected chi connectivity index (χ2v) is 17.3. The fourth-order valence-electron chi connectivity index (χ4n) is 7.89. The Kier molecular flexibility index (Phi) is 19.2. The van der Waals surface area contributed by atoms with Crippen LogP contribution in [0.4, 0.5) is 0 Å². The Hall–Kier alpha value is -6.71. The normalized spacial score (nSPS) is 11.4. The Morgan fingerprint density at radius 3 is 1.68 bits per heavy atom. The molecular weight excluding hydrogens is 916 g/mol. The number of carboxylic acid groups (broad SMARTS) is 1. The first kappa shape index (κ1) is 51.7. The number of rotatable bonds is 25. The first-order valence-corrected chi connectivity index (χ1v) is 23.5. The molecule has 0 saturated heterocycles. The van der Waals surface area contributed by atoms with Crippen LogP contribution < -0.4 is 24.3 Å². The maximum atomic E-state index is 12.3. The van der Waals surface area contributed by atoms with Crippen LogP contribution in [0.1, 0.15) is 88.7 Å². The zero-order valence-electron chi connectivity index (χ0n) is 39.2. The van der Waals surface area contributed by atoms with Gasteiger partial charge in [0.05, 0.1) is 21.2 Å². The third kappa shape index (κ3) is 13.9. The van der Waals surface area contributed by atoms with E-state index in [2.05, 4.69) is 60.3 Å².